The molecule has 0 saturated heterocycles. The number of benzene rings is 1. The molecule has 4 heterocycles. The van der Waals surface area contributed by atoms with Crippen LogP contribution in [0.3, 0.4) is 0 Å². The zero-order chi connectivity index (χ0) is 22.9. The number of rotatable bonds is 6. The molecule has 5 aromatic rings. The lowest BCUT2D eigenvalue weighted by atomic mass is 10.2. The van der Waals surface area contributed by atoms with Gasteiger partial charge in [0.2, 0.25) is 5.95 Å². The maximum atomic E-state index is 12.6. The second-order valence-corrected chi connectivity index (χ2v) is 7.45. The van der Waals surface area contributed by atoms with E-state index in [1.54, 1.807) is 21.8 Å². The van der Waals surface area contributed by atoms with Crippen LogP contribution in [0.2, 0.25) is 0 Å². The number of hydrogen-bond donors (Lipinski definition) is 2. The van der Waals surface area contributed by atoms with E-state index in [4.69, 9.17) is 4.42 Å². The number of carbonyl (C=O) groups excluding carboxylic acids is 1. The van der Waals surface area contributed by atoms with Gasteiger partial charge in [-0.05, 0) is 30.2 Å². The van der Waals surface area contributed by atoms with Gasteiger partial charge in [0.1, 0.15) is 29.0 Å². The number of oxazole rings is 1. The first-order valence-corrected chi connectivity index (χ1v) is 10.1. The molecular weight excluding hydrogens is 424 g/mol. The first kappa shape index (κ1) is 20.3. The molecule has 166 valence electrons. The van der Waals surface area contributed by atoms with Crippen molar-refractivity contribution in [1.29, 1.82) is 0 Å². The highest BCUT2D eigenvalue weighted by molar-refractivity contribution is 5.90. The number of aromatic nitrogens is 8. The second kappa shape index (κ2) is 8.15. The van der Waals surface area contributed by atoms with Crippen molar-refractivity contribution in [3.63, 3.8) is 0 Å². The van der Waals surface area contributed by atoms with Crippen LogP contribution in [0, 0.1) is 6.92 Å². The molecule has 1 amide bonds. The van der Waals surface area contributed by atoms with E-state index in [1.165, 1.54) is 6.26 Å². The maximum absolute atomic E-state index is 12.6. The lowest BCUT2D eigenvalue weighted by Crippen LogP contribution is -2.23. The summed E-state index contributed by atoms with van der Waals surface area (Å²) in [6.45, 7) is 2.16. The minimum absolute atomic E-state index is 0.0512. The molecule has 0 spiro atoms. The van der Waals surface area contributed by atoms with Crippen LogP contribution in [0.4, 0.5) is 11.8 Å². The molecule has 1 aromatic carbocycles. The zero-order valence-electron chi connectivity index (χ0n) is 18.1. The molecule has 0 aliphatic rings. The molecular formula is C21H20N10O2. The number of aryl methyl sites for hydroxylation is 3. The molecule has 33 heavy (non-hydrogen) atoms. The summed E-state index contributed by atoms with van der Waals surface area (Å²) < 4.78 is 8.78. The Morgan fingerprint density at radius 3 is 2.85 bits per heavy atom. The summed E-state index contributed by atoms with van der Waals surface area (Å²) in [5, 5.41) is 18.1. The quantitative estimate of drug-likeness (QED) is 0.403. The molecule has 0 unspecified atom stereocenters. The van der Waals surface area contributed by atoms with E-state index < -0.39 is 5.91 Å². The van der Waals surface area contributed by atoms with Crippen molar-refractivity contribution in [2.75, 3.05) is 5.32 Å². The summed E-state index contributed by atoms with van der Waals surface area (Å²) in [6.07, 6.45) is 4.76. The second-order valence-electron chi connectivity index (χ2n) is 7.45. The number of hydrogen-bond acceptors (Lipinski definition) is 9. The molecule has 0 bridgehead atoms. The fourth-order valence-corrected chi connectivity index (χ4v) is 3.31. The normalized spacial score (nSPS) is 11.1. The Morgan fingerprint density at radius 2 is 2.03 bits per heavy atom. The van der Waals surface area contributed by atoms with Gasteiger partial charge in [-0.25, -0.2) is 19.6 Å². The van der Waals surface area contributed by atoms with Crippen LogP contribution in [0.25, 0.3) is 22.4 Å². The van der Waals surface area contributed by atoms with Crippen LogP contribution in [-0.4, -0.2) is 45.6 Å². The highest BCUT2D eigenvalue weighted by Crippen LogP contribution is 2.22. The summed E-state index contributed by atoms with van der Waals surface area (Å²) in [4.78, 5) is 25.7. The first-order valence-electron chi connectivity index (χ1n) is 10.1. The molecule has 2 N–H and O–H groups in total. The average Bonchev–Trinajstić information content (AvgIpc) is 3.55. The van der Waals surface area contributed by atoms with Gasteiger partial charge in [-0.2, -0.15) is 5.10 Å². The molecule has 12 heteroatoms. The molecule has 5 rings (SSSR count). The zero-order valence-corrected chi connectivity index (χ0v) is 18.1. The SMILES string of the molecule is Cc1cnc(Nc2ccnn2C)nc1-c1coc(C(=O)NCc2ccc3c(c2)nnn3C)n1. The summed E-state index contributed by atoms with van der Waals surface area (Å²) in [5.41, 5.74) is 4.36. The topological polar surface area (TPSA) is 141 Å². The van der Waals surface area contributed by atoms with Crippen LogP contribution in [0.15, 0.2) is 47.3 Å². The Hall–Kier alpha value is -4.61. The van der Waals surface area contributed by atoms with Crippen LogP contribution in [-0.2, 0) is 20.6 Å². The summed E-state index contributed by atoms with van der Waals surface area (Å²) in [7, 11) is 3.64. The Balaban J connectivity index is 1.30. The van der Waals surface area contributed by atoms with Crippen molar-refractivity contribution in [3.8, 4) is 11.4 Å². The highest BCUT2D eigenvalue weighted by atomic mass is 16.4. The maximum Gasteiger partial charge on any atom is 0.307 e. The van der Waals surface area contributed by atoms with Gasteiger partial charge in [-0.3, -0.25) is 9.48 Å². The first-order chi connectivity index (χ1) is 16.0. The van der Waals surface area contributed by atoms with Crippen molar-refractivity contribution in [2.24, 2.45) is 14.1 Å². The Bertz CT molecular complexity index is 1470. The van der Waals surface area contributed by atoms with Gasteiger partial charge in [-0.1, -0.05) is 11.3 Å². The van der Waals surface area contributed by atoms with Crippen molar-refractivity contribution in [3.05, 3.63) is 59.9 Å². The van der Waals surface area contributed by atoms with Crippen molar-refractivity contribution >= 4 is 28.7 Å². The summed E-state index contributed by atoms with van der Waals surface area (Å²) in [6, 6.07) is 7.51. The van der Waals surface area contributed by atoms with Crippen molar-refractivity contribution in [2.45, 2.75) is 13.5 Å². The third kappa shape index (κ3) is 4.01. The van der Waals surface area contributed by atoms with Crippen LogP contribution in [0.1, 0.15) is 21.8 Å². The lowest BCUT2D eigenvalue weighted by molar-refractivity contribution is 0.0916. The number of carbonyl (C=O) groups is 1. The molecule has 0 aliphatic carbocycles. The number of fused-ring (bicyclic) bond motifs is 1. The van der Waals surface area contributed by atoms with Crippen LogP contribution >= 0.6 is 0 Å². The lowest BCUT2D eigenvalue weighted by Gasteiger charge is -2.07. The number of nitrogens with zero attached hydrogens (tertiary/aromatic N) is 8. The van der Waals surface area contributed by atoms with Gasteiger partial charge in [-0.15, -0.1) is 5.10 Å². The van der Waals surface area contributed by atoms with Crippen LogP contribution in [0.5, 0.6) is 0 Å². The fraction of sp³-hybridized carbons (Fsp3) is 0.190. The van der Waals surface area contributed by atoms with Gasteiger partial charge in [0.05, 0.1) is 11.7 Å². The van der Waals surface area contributed by atoms with E-state index in [0.29, 0.717) is 23.9 Å². The average molecular weight is 444 g/mol. The van der Waals surface area contributed by atoms with Crippen molar-refractivity contribution in [1.82, 2.24) is 45.0 Å². The van der Waals surface area contributed by atoms with E-state index >= 15 is 0 Å². The third-order valence-electron chi connectivity index (χ3n) is 5.10. The van der Waals surface area contributed by atoms with Gasteiger partial charge >= 0.3 is 5.91 Å². The highest BCUT2D eigenvalue weighted by Gasteiger charge is 2.17. The van der Waals surface area contributed by atoms with Gasteiger partial charge in [0, 0.05) is 32.9 Å². The Morgan fingerprint density at radius 1 is 1.15 bits per heavy atom. The Kier molecular flexibility index (Phi) is 5.01. The number of amides is 1. The minimum Gasteiger partial charge on any atom is -0.440 e. The van der Waals surface area contributed by atoms with Crippen LogP contribution < -0.4 is 10.6 Å². The predicted octanol–water partition coefficient (Wildman–Crippen LogP) is 2.13. The molecule has 0 saturated carbocycles. The van der Waals surface area contributed by atoms with Gasteiger partial charge in [0.25, 0.3) is 5.89 Å². The van der Waals surface area contributed by atoms with E-state index in [-0.39, 0.29) is 5.89 Å². The van der Waals surface area contributed by atoms with E-state index in [1.807, 2.05) is 45.3 Å². The molecule has 4 aromatic heterocycles. The van der Waals surface area contributed by atoms with Gasteiger partial charge in [0.15, 0.2) is 0 Å². The van der Waals surface area contributed by atoms with Gasteiger partial charge < -0.3 is 15.1 Å². The molecule has 0 atom stereocenters. The largest absolute Gasteiger partial charge is 0.440 e. The minimum atomic E-state index is -0.430. The summed E-state index contributed by atoms with van der Waals surface area (Å²) >= 11 is 0. The van der Waals surface area contributed by atoms with E-state index in [9.17, 15) is 4.79 Å². The molecule has 0 aliphatic heterocycles. The molecule has 0 fully saturated rings. The Labute approximate surface area is 187 Å². The van der Waals surface area contributed by atoms with Crippen molar-refractivity contribution < 1.29 is 9.21 Å². The number of anilines is 2. The molecule has 12 nitrogen and oxygen atoms in total. The fourth-order valence-electron chi connectivity index (χ4n) is 3.31. The standard InChI is InChI=1S/C21H20N10O2/c1-12-9-23-21(26-17-6-7-24-31(17)3)27-18(12)15-11-33-20(25-15)19(32)22-10-13-4-5-16-14(8-13)28-29-30(16)2/h4-9,11H,10H2,1-3H3,(H,22,32)(H,23,26,27). The smallest absolute Gasteiger partial charge is 0.307 e. The monoisotopic (exact) mass is 444 g/mol. The van der Waals surface area contributed by atoms with E-state index in [2.05, 4.69) is 41.0 Å². The molecule has 0 radical (unpaired) electrons. The predicted molar refractivity (Wildman–Crippen MR) is 118 cm³/mol. The summed E-state index contributed by atoms with van der Waals surface area (Å²) in [5.74, 6) is 0.641. The van der Waals surface area contributed by atoms with E-state index in [0.717, 1.165) is 28.0 Å². The number of nitrogens with one attached hydrogen (secondary N) is 2. The third-order valence-corrected chi connectivity index (χ3v) is 5.10.